The largest absolute Gasteiger partial charge is 0.371 e. The Morgan fingerprint density at radius 2 is 2.25 bits per heavy atom. The van der Waals surface area contributed by atoms with Gasteiger partial charge in [-0.25, -0.2) is 14.6 Å². The summed E-state index contributed by atoms with van der Waals surface area (Å²) in [6.07, 6.45) is 1.46. The lowest BCUT2D eigenvalue weighted by Crippen LogP contribution is -1.98. The molecule has 0 unspecified atom stereocenters. The molecule has 0 spiro atoms. The Labute approximate surface area is 68.6 Å². The van der Waals surface area contributed by atoms with E-state index >= 15 is 0 Å². The lowest BCUT2D eigenvalue weighted by Gasteiger charge is -1.99. The fourth-order valence-electron chi connectivity index (χ4n) is 1.08. The number of fused-ring (bicyclic) bond motifs is 1. The maximum atomic E-state index is 4.04. The summed E-state index contributed by atoms with van der Waals surface area (Å²) in [4.78, 5) is 8.00. The van der Waals surface area contributed by atoms with Gasteiger partial charge in [-0.3, -0.25) is 0 Å². The third kappa shape index (κ3) is 0.810. The van der Waals surface area contributed by atoms with Gasteiger partial charge in [-0.2, -0.15) is 0 Å². The zero-order valence-electron chi connectivity index (χ0n) is 6.81. The molecular weight excluding hydrogens is 156 g/mol. The highest BCUT2D eigenvalue weighted by molar-refractivity contribution is 5.81. The van der Waals surface area contributed by atoms with Crippen LogP contribution < -0.4 is 5.32 Å². The van der Waals surface area contributed by atoms with Gasteiger partial charge in [0.2, 0.25) is 5.65 Å². The van der Waals surface area contributed by atoms with E-state index in [9.17, 15) is 0 Å². The molecule has 0 aliphatic rings. The number of anilines is 1. The summed E-state index contributed by atoms with van der Waals surface area (Å²) in [5.41, 5.74) is 1.43. The minimum absolute atomic E-state index is 0.608. The number of hydrogen-bond donors (Lipinski definition) is 1. The van der Waals surface area contributed by atoms with E-state index in [4.69, 9.17) is 0 Å². The zero-order valence-corrected chi connectivity index (χ0v) is 6.81. The molecule has 2 heterocycles. The number of hydrogen-bond acceptors (Lipinski definition) is 5. The fraction of sp³-hybridized carbons (Fsp3) is 0.333. The molecule has 0 saturated heterocycles. The van der Waals surface area contributed by atoms with Gasteiger partial charge in [0.05, 0.1) is 0 Å². The highest BCUT2D eigenvalue weighted by Gasteiger charge is 2.07. The Morgan fingerprint density at radius 3 is 3.00 bits per heavy atom. The van der Waals surface area contributed by atoms with Crippen molar-refractivity contribution in [1.29, 1.82) is 0 Å². The van der Waals surface area contributed by atoms with Crippen molar-refractivity contribution in [3.8, 4) is 0 Å². The molecular formula is C6H8N6. The second-order valence-electron chi connectivity index (χ2n) is 2.36. The van der Waals surface area contributed by atoms with Gasteiger partial charge in [-0.15, -0.1) is 5.10 Å². The topological polar surface area (TPSA) is 68.5 Å². The molecule has 0 aliphatic heterocycles. The van der Waals surface area contributed by atoms with E-state index in [-0.39, 0.29) is 0 Å². The Bertz CT molecular complexity index is 405. The van der Waals surface area contributed by atoms with Crippen LogP contribution in [-0.4, -0.2) is 32.0 Å². The van der Waals surface area contributed by atoms with Crippen LogP contribution in [0.15, 0.2) is 6.33 Å². The maximum absolute atomic E-state index is 4.04. The van der Waals surface area contributed by atoms with Gasteiger partial charge in [0.25, 0.3) is 0 Å². The SMILES string of the molecule is CNc1ncnc2nnn(C)c12. The number of aromatic nitrogens is 5. The van der Waals surface area contributed by atoms with Gasteiger partial charge in [-0.1, -0.05) is 5.21 Å². The zero-order chi connectivity index (χ0) is 8.55. The van der Waals surface area contributed by atoms with Crippen molar-refractivity contribution in [1.82, 2.24) is 25.0 Å². The Morgan fingerprint density at radius 1 is 1.42 bits per heavy atom. The van der Waals surface area contributed by atoms with E-state index in [1.165, 1.54) is 6.33 Å². The monoisotopic (exact) mass is 164 g/mol. The van der Waals surface area contributed by atoms with E-state index in [1.54, 1.807) is 18.8 Å². The van der Waals surface area contributed by atoms with Crippen molar-refractivity contribution < 1.29 is 0 Å². The van der Waals surface area contributed by atoms with Gasteiger partial charge >= 0.3 is 0 Å². The van der Waals surface area contributed by atoms with E-state index in [1.807, 2.05) is 0 Å². The van der Waals surface area contributed by atoms with Gasteiger partial charge in [-0.05, 0) is 0 Å². The van der Waals surface area contributed by atoms with Gasteiger partial charge in [0.15, 0.2) is 5.82 Å². The lowest BCUT2D eigenvalue weighted by molar-refractivity contribution is 0.736. The quantitative estimate of drug-likeness (QED) is 0.632. The number of rotatable bonds is 1. The average Bonchev–Trinajstić information content (AvgIpc) is 2.48. The molecule has 2 aromatic heterocycles. The summed E-state index contributed by atoms with van der Waals surface area (Å²) in [5, 5.41) is 10.6. The van der Waals surface area contributed by atoms with Crippen LogP contribution >= 0.6 is 0 Å². The van der Waals surface area contributed by atoms with Gasteiger partial charge in [0.1, 0.15) is 11.8 Å². The smallest absolute Gasteiger partial charge is 0.207 e. The summed E-state index contributed by atoms with van der Waals surface area (Å²) >= 11 is 0. The van der Waals surface area contributed by atoms with Crippen molar-refractivity contribution in [2.45, 2.75) is 0 Å². The number of aryl methyl sites for hydroxylation is 1. The minimum atomic E-state index is 0.608. The van der Waals surface area contributed by atoms with Crippen LogP contribution in [0.1, 0.15) is 0 Å². The Kier molecular flexibility index (Phi) is 1.39. The van der Waals surface area contributed by atoms with E-state index in [2.05, 4.69) is 25.6 Å². The fourth-order valence-corrected chi connectivity index (χ4v) is 1.08. The molecule has 12 heavy (non-hydrogen) atoms. The first-order valence-electron chi connectivity index (χ1n) is 3.51. The molecule has 2 rings (SSSR count). The molecule has 0 amide bonds. The summed E-state index contributed by atoms with van der Waals surface area (Å²) in [7, 11) is 3.61. The summed E-state index contributed by atoms with van der Waals surface area (Å²) in [5.74, 6) is 0.743. The van der Waals surface area contributed by atoms with Crippen LogP contribution in [0, 0.1) is 0 Å². The van der Waals surface area contributed by atoms with Crippen LogP contribution in [0.3, 0.4) is 0 Å². The van der Waals surface area contributed by atoms with Crippen molar-refractivity contribution in [2.24, 2.45) is 7.05 Å². The van der Waals surface area contributed by atoms with Crippen molar-refractivity contribution in [3.63, 3.8) is 0 Å². The highest BCUT2D eigenvalue weighted by atomic mass is 15.4. The highest BCUT2D eigenvalue weighted by Crippen LogP contribution is 2.14. The van der Waals surface area contributed by atoms with Crippen molar-refractivity contribution in [2.75, 3.05) is 12.4 Å². The van der Waals surface area contributed by atoms with Crippen LogP contribution in [0.5, 0.6) is 0 Å². The predicted octanol–water partition coefficient (Wildman–Crippen LogP) is -0.200. The lowest BCUT2D eigenvalue weighted by atomic mass is 10.5. The Balaban J connectivity index is 2.84. The average molecular weight is 164 g/mol. The molecule has 2 aromatic rings. The molecule has 6 heteroatoms. The van der Waals surface area contributed by atoms with Crippen molar-refractivity contribution in [3.05, 3.63) is 6.33 Å². The summed E-state index contributed by atoms with van der Waals surface area (Å²) in [6, 6.07) is 0. The third-order valence-corrected chi connectivity index (χ3v) is 1.64. The van der Waals surface area contributed by atoms with Crippen LogP contribution in [0.4, 0.5) is 5.82 Å². The third-order valence-electron chi connectivity index (χ3n) is 1.64. The molecule has 0 aromatic carbocycles. The number of nitrogens with zero attached hydrogens (tertiary/aromatic N) is 5. The molecule has 0 aliphatic carbocycles. The normalized spacial score (nSPS) is 10.5. The maximum Gasteiger partial charge on any atom is 0.207 e. The van der Waals surface area contributed by atoms with Gasteiger partial charge in [0, 0.05) is 14.1 Å². The molecule has 62 valence electrons. The molecule has 6 nitrogen and oxygen atoms in total. The standard InChI is InChI=1S/C6H8N6/c1-7-5-4-6(9-3-8-5)10-11-12(4)2/h3H,1-2H3,(H,7,8,9). The first kappa shape index (κ1) is 6.96. The van der Waals surface area contributed by atoms with E-state index in [0.717, 1.165) is 11.3 Å². The van der Waals surface area contributed by atoms with Crippen molar-refractivity contribution >= 4 is 17.0 Å². The van der Waals surface area contributed by atoms with E-state index < -0.39 is 0 Å². The minimum Gasteiger partial charge on any atom is -0.371 e. The molecule has 0 fully saturated rings. The molecule has 0 radical (unpaired) electrons. The molecule has 0 saturated carbocycles. The molecule has 1 N–H and O–H groups in total. The van der Waals surface area contributed by atoms with Crippen LogP contribution in [0.2, 0.25) is 0 Å². The van der Waals surface area contributed by atoms with Crippen LogP contribution in [-0.2, 0) is 7.05 Å². The molecule has 0 bridgehead atoms. The first-order chi connectivity index (χ1) is 5.83. The second kappa shape index (κ2) is 2.40. The summed E-state index contributed by atoms with van der Waals surface area (Å²) in [6.45, 7) is 0. The van der Waals surface area contributed by atoms with Crippen LogP contribution in [0.25, 0.3) is 11.2 Å². The van der Waals surface area contributed by atoms with Gasteiger partial charge < -0.3 is 5.32 Å². The number of nitrogens with one attached hydrogen (secondary N) is 1. The Hall–Kier alpha value is -1.72. The summed E-state index contributed by atoms with van der Waals surface area (Å²) < 4.78 is 1.64. The molecule has 0 atom stereocenters. The second-order valence-corrected chi connectivity index (χ2v) is 2.36. The predicted molar refractivity (Wildman–Crippen MR) is 43.6 cm³/mol. The van der Waals surface area contributed by atoms with E-state index in [0.29, 0.717) is 5.65 Å². The first-order valence-corrected chi connectivity index (χ1v) is 3.51.